The maximum atomic E-state index is 6.55. The highest BCUT2D eigenvalue weighted by Crippen LogP contribution is 2.39. The van der Waals surface area contributed by atoms with Crippen molar-refractivity contribution in [1.82, 2.24) is 0 Å². The van der Waals surface area contributed by atoms with Gasteiger partial charge in [-0.3, -0.25) is 0 Å². The minimum absolute atomic E-state index is 0.0981. The minimum atomic E-state index is -0.118. The maximum absolute atomic E-state index is 6.55. The van der Waals surface area contributed by atoms with Gasteiger partial charge in [-0.25, -0.2) is 0 Å². The van der Waals surface area contributed by atoms with Gasteiger partial charge in [0.2, 0.25) is 0 Å². The number of alkyl halides is 1. The summed E-state index contributed by atoms with van der Waals surface area (Å²) in [5.74, 6) is 1.36. The van der Waals surface area contributed by atoms with E-state index in [1.165, 1.54) is 0 Å². The Balaban J connectivity index is 2.17. The summed E-state index contributed by atoms with van der Waals surface area (Å²) in [6, 6.07) is 5.94. The molecule has 100 valence electrons. The molecule has 0 aliphatic carbocycles. The van der Waals surface area contributed by atoms with Crippen molar-refractivity contribution < 1.29 is 9.47 Å². The Morgan fingerprint density at radius 3 is 2.89 bits per heavy atom. The fourth-order valence-electron chi connectivity index (χ4n) is 2.26. The molecule has 0 spiro atoms. The molecule has 0 radical (unpaired) electrons. The number of hydrogen-bond donors (Lipinski definition) is 0. The Labute approximate surface area is 122 Å². The molecular weight excluding hydrogens is 316 g/mol. The van der Waals surface area contributed by atoms with Crippen molar-refractivity contribution in [3.63, 3.8) is 0 Å². The summed E-state index contributed by atoms with van der Waals surface area (Å²) < 4.78 is 12.2. The second-order valence-corrected chi connectivity index (χ2v) is 5.94. The minimum Gasteiger partial charge on any atom is -0.494 e. The summed E-state index contributed by atoms with van der Waals surface area (Å²) in [6.07, 6.45) is 1.18. The molecule has 2 rings (SSSR count). The highest BCUT2D eigenvalue weighted by molar-refractivity contribution is 9.10. The third kappa shape index (κ3) is 3.01. The van der Waals surface area contributed by atoms with Gasteiger partial charge in [-0.2, -0.15) is 0 Å². The van der Waals surface area contributed by atoms with Crippen molar-refractivity contribution in [3.05, 3.63) is 28.2 Å². The zero-order chi connectivity index (χ0) is 13.1. The molecule has 1 aliphatic rings. The standard InChI is InChI=1S/C14H18BrClO2/c1-3-17-10-4-5-11(12(15)8-10)13(16)14-9(2)6-7-18-14/h4-5,8-9,13-14H,3,6-7H2,1-2H3. The SMILES string of the molecule is CCOc1ccc(C(Cl)C2OCCC2C)c(Br)c1. The van der Waals surface area contributed by atoms with Gasteiger partial charge in [-0.05, 0) is 37.0 Å². The second-order valence-electron chi connectivity index (χ2n) is 4.62. The Morgan fingerprint density at radius 2 is 2.33 bits per heavy atom. The van der Waals surface area contributed by atoms with Crippen molar-refractivity contribution in [2.75, 3.05) is 13.2 Å². The van der Waals surface area contributed by atoms with Crippen LogP contribution in [0.3, 0.4) is 0 Å². The fraction of sp³-hybridized carbons (Fsp3) is 0.571. The summed E-state index contributed by atoms with van der Waals surface area (Å²) >= 11 is 10.1. The summed E-state index contributed by atoms with van der Waals surface area (Å²) in [6.45, 7) is 5.64. The number of ether oxygens (including phenoxy) is 2. The molecule has 1 fully saturated rings. The summed E-state index contributed by atoms with van der Waals surface area (Å²) in [5, 5.41) is -0.118. The van der Waals surface area contributed by atoms with E-state index >= 15 is 0 Å². The van der Waals surface area contributed by atoms with E-state index in [0.717, 1.165) is 28.8 Å². The lowest BCUT2D eigenvalue weighted by atomic mass is 9.97. The topological polar surface area (TPSA) is 18.5 Å². The van der Waals surface area contributed by atoms with Gasteiger partial charge in [0, 0.05) is 11.1 Å². The second kappa shape index (κ2) is 6.27. The lowest BCUT2D eigenvalue weighted by Crippen LogP contribution is -2.19. The number of rotatable bonds is 4. The monoisotopic (exact) mass is 332 g/mol. The molecule has 0 aromatic heterocycles. The predicted octanol–water partition coefficient (Wildman–Crippen LogP) is 4.55. The normalized spacial score (nSPS) is 25.1. The van der Waals surface area contributed by atoms with E-state index in [0.29, 0.717) is 12.5 Å². The summed E-state index contributed by atoms with van der Waals surface area (Å²) in [7, 11) is 0. The van der Waals surface area contributed by atoms with E-state index in [2.05, 4.69) is 22.9 Å². The van der Waals surface area contributed by atoms with Crippen molar-refractivity contribution in [2.24, 2.45) is 5.92 Å². The predicted molar refractivity (Wildman–Crippen MR) is 77.4 cm³/mol. The molecule has 0 N–H and O–H groups in total. The van der Waals surface area contributed by atoms with Gasteiger partial charge in [0.1, 0.15) is 5.75 Å². The quantitative estimate of drug-likeness (QED) is 0.752. The van der Waals surface area contributed by atoms with E-state index in [4.69, 9.17) is 21.1 Å². The van der Waals surface area contributed by atoms with Crippen molar-refractivity contribution in [2.45, 2.75) is 31.7 Å². The third-order valence-electron chi connectivity index (χ3n) is 3.31. The molecule has 3 atom stereocenters. The lowest BCUT2D eigenvalue weighted by molar-refractivity contribution is 0.0902. The van der Waals surface area contributed by atoms with Crippen molar-refractivity contribution in [1.29, 1.82) is 0 Å². The zero-order valence-electron chi connectivity index (χ0n) is 10.7. The van der Waals surface area contributed by atoms with Crippen LogP contribution in [-0.4, -0.2) is 19.3 Å². The van der Waals surface area contributed by atoms with Crippen LogP contribution in [0, 0.1) is 5.92 Å². The van der Waals surface area contributed by atoms with Crippen LogP contribution in [0.1, 0.15) is 31.2 Å². The first-order valence-corrected chi connectivity index (χ1v) is 7.54. The molecular formula is C14H18BrClO2. The smallest absolute Gasteiger partial charge is 0.120 e. The van der Waals surface area contributed by atoms with E-state index in [9.17, 15) is 0 Å². The first-order chi connectivity index (χ1) is 8.63. The van der Waals surface area contributed by atoms with Crippen LogP contribution in [0.15, 0.2) is 22.7 Å². The number of hydrogen-bond acceptors (Lipinski definition) is 2. The van der Waals surface area contributed by atoms with Gasteiger partial charge in [0.15, 0.2) is 0 Å². The van der Waals surface area contributed by atoms with Crippen LogP contribution < -0.4 is 4.74 Å². The van der Waals surface area contributed by atoms with Gasteiger partial charge < -0.3 is 9.47 Å². The first kappa shape index (κ1) is 14.2. The Bertz CT molecular complexity index is 411. The highest BCUT2D eigenvalue weighted by Gasteiger charge is 2.32. The van der Waals surface area contributed by atoms with Crippen molar-refractivity contribution >= 4 is 27.5 Å². The first-order valence-electron chi connectivity index (χ1n) is 6.31. The van der Waals surface area contributed by atoms with Crippen LogP contribution in [0.4, 0.5) is 0 Å². The molecule has 1 heterocycles. The Hall–Kier alpha value is -0.250. The number of halogens is 2. The maximum Gasteiger partial charge on any atom is 0.120 e. The molecule has 2 nitrogen and oxygen atoms in total. The zero-order valence-corrected chi connectivity index (χ0v) is 13.0. The molecule has 0 saturated carbocycles. The largest absolute Gasteiger partial charge is 0.494 e. The Morgan fingerprint density at radius 1 is 1.56 bits per heavy atom. The molecule has 0 bridgehead atoms. The molecule has 4 heteroatoms. The van der Waals surface area contributed by atoms with Gasteiger partial charge in [0.05, 0.1) is 18.1 Å². The van der Waals surface area contributed by atoms with Crippen LogP contribution in [0.2, 0.25) is 0 Å². The molecule has 3 unspecified atom stereocenters. The van der Waals surface area contributed by atoms with Gasteiger partial charge in [0.25, 0.3) is 0 Å². The lowest BCUT2D eigenvalue weighted by Gasteiger charge is -2.22. The van der Waals surface area contributed by atoms with E-state index in [1.54, 1.807) is 0 Å². The van der Waals surface area contributed by atoms with Crippen LogP contribution in [-0.2, 0) is 4.74 Å². The van der Waals surface area contributed by atoms with Gasteiger partial charge in [-0.15, -0.1) is 11.6 Å². The molecule has 1 aromatic carbocycles. The van der Waals surface area contributed by atoms with Crippen LogP contribution >= 0.6 is 27.5 Å². The van der Waals surface area contributed by atoms with Gasteiger partial charge >= 0.3 is 0 Å². The number of benzene rings is 1. The average Bonchev–Trinajstić information content (AvgIpc) is 2.75. The Kier molecular flexibility index (Phi) is 4.93. The van der Waals surface area contributed by atoms with Crippen molar-refractivity contribution in [3.8, 4) is 5.75 Å². The molecule has 1 saturated heterocycles. The van der Waals surface area contributed by atoms with E-state index < -0.39 is 0 Å². The molecule has 1 aromatic rings. The van der Waals surface area contributed by atoms with Gasteiger partial charge in [-0.1, -0.05) is 28.9 Å². The molecule has 18 heavy (non-hydrogen) atoms. The average molecular weight is 334 g/mol. The van der Waals surface area contributed by atoms with E-state index in [1.807, 2.05) is 25.1 Å². The fourth-order valence-corrected chi connectivity index (χ4v) is 3.50. The summed E-state index contributed by atoms with van der Waals surface area (Å²) in [5.41, 5.74) is 1.07. The van der Waals surface area contributed by atoms with Crippen LogP contribution in [0.25, 0.3) is 0 Å². The highest BCUT2D eigenvalue weighted by atomic mass is 79.9. The van der Waals surface area contributed by atoms with Crippen LogP contribution in [0.5, 0.6) is 5.75 Å². The third-order valence-corrected chi connectivity index (χ3v) is 4.48. The van der Waals surface area contributed by atoms with E-state index in [-0.39, 0.29) is 11.5 Å². The molecule has 1 aliphatic heterocycles. The molecule has 0 amide bonds. The summed E-state index contributed by atoms with van der Waals surface area (Å²) in [4.78, 5) is 0.